The lowest BCUT2D eigenvalue weighted by Gasteiger charge is -2.44. The molecule has 27 heavy (non-hydrogen) atoms. The summed E-state index contributed by atoms with van der Waals surface area (Å²) in [7, 11) is 0. The van der Waals surface area contributed by atoms with E-state index in [1.807, 2.05) is 49.1 Å². The Bertz CT molecular complexity index is 929. The van der Waals surface area contributed by atoms with E-state index >= 15 is 0 Å². The van der Waals surface area contributed by atoms with Crippen LogP contribution in [0.5, 0.6) is 5.75 Å². The van der Waals surface area contributed by atoms with Gasteiger partial charge in [0.1, 0.15) is 11.4 Å². The highest BCUT2D eigenvalue weighted by molar-refractivity contribution is 6.31. The van der Waals surface area contributed by atoms with Gasteiger partial charge in [0.25, 0.3) is 5.91 Å². The summed E-state index contributed by atoms with van der Waals surface area (Å²) in [6.45, 7) is 5.06. The Labute approximate surface area is 164 Å². The number of hydrogen-bond donors (Lipinski definition) is 0. The smallest absolute Gasteiger partial charge is 0.253 e. The van der Waals surface area contributed by atoms with Crippen LogP contribution in [0.25, 0.3) is 0 Å². The van der Waals surface area contributed by atoms with Gasteiger partial charge < -0.3 is 9.64 Å². The number of ketones is 1. The molecule has 2 aliphatic heterocycles. The first-order valence-electron chi connectivity index (χ1n) is 9.25. The first-order valence-corrected chi connectivity index (χ1v) is 9.63. The van der Waals surface area contributed by atoms with Gasteiger partial charge in [0.05, 0.1) is 12.0 Å². The average molecular weight is 384 g/mol. The first kappa shape index (κ1) is 18.1. The molecular weight excluding hydrogens is 362 g/mol. The maximum atomic E-state index is 12.8. The third-order valence-electron chi connectivity index (χ3n) is 5.57. The normalized spacial score (nSPS) is 18.2. The average Bonchev–Trinajstić information content (AvgIpc) is 2.63. The maximum Gasteiger partial charge on any atom is 0.253 e. The van der Waals surface area contributed by atoms with Crippen LogP contribution >= 0.6 is 11.6 Å². The lowest BCUT2D eigenvalue weighted by Crippen LogP contribution is -2.52. The number of aryl methyl sites for hydroxylation is 2. The second-order valence-electron chi connectivity index (χ2n) is 7.65. The molecule has 1 saturated heterocycles. The van der Waals surface area contributed by atoms with Crippen molar-refractivity contribution in [2.45, 2.75) is 38.7 Å². The molecule has 1 amide bonds. The van der Waals surface area contributed by atoms with Crippen molar-refractivity contribution >= 4 is 23.3 Å². The molecule has 4 nitrogen and oxygen atoms in total. The topological polar surface area (TPSA) is 46.6 Å². The van der Waals surface area contributed by atoms with E-state index in [1.54, 1.807) is 6.07 Å². The molecule has 0 aromatic heterocycles. The Morgan fingerprint density at radius 3 is 2.59 bits per heavy atom. The number of Topliss-reactive ketones (excluding diaryl/α,β-unsaturated/α-hetero) is 1. The van der Waals surface area contributed by atoms with E-state index in [2.05, 4.69) is 0 Å². The van der Waals surface area contributed by atoms with Crippen LogP contribution in [-0.4, -0.2) is 35.3 Å². The van der Waals surface area contributed by atoms with Crippen LogP contribution in [0.3, 0.4) is 0 Å². The van der Waals surface area contributed by atoms with E-state index in [9.17, 15) is 9.59 Å². The Morgan fingerprint density at radius 2 is 1.89 bits per heavy atom. The highest BCUT2D eigenvalue weighted by Crippen LogP contribution is 2.42. The molecule has 0 unspecified atom stereocenters. The Morgan fingerprint density at radius 1 is 1.15 bits per heavy atom. The van der Waals surface area contributed by atoms with Crippen LogP contribution in [0.15, 0.2) is 36.4 Å². The van der Waals surface area contributed by atoms with Gasteiger partial charge in [-0.05, 0) is 43.7 Å². The number of fused-ring (bicyclic) bond motifs is 1. The molecule has 0 radical (unpaired) electrons. The monoisotopic (exact) mass is 383 g/mol. The molecule has 2 aromatic carbocycles. The number of piperidine rings is 1. The SMILES string of the molecule is Cc1cccc(C(=O)N2CCC3(CC2)CC(=O)c2cc(Cl)cc(C)c2O3)c1. The molecule has 2 aliphatic rings. The lowest BCUT2D eigenvalue weighted by atomic mass is 9.82. The summed E-state index contributed by atoms with van der Waals surface area (Å²) in [5.74, 6) is 0.758. The Hall–Kier alpha value is -2.33. The third-order valence-corrected chi connectivity index (χ3v) is 5.79. The van der Waals surface area contributed by atoms with Crippen LogP contribution in [0.4, 0.5) is 0 Å². The minimum absolute atomic E-state index is 0.0408. The second-order valence-corrected chi connectivity index (χ2v) is 8.08. The van der Waals surface area contributed by atoms with Crippen molar-refractivity contribution in [1.29, 1.82) is 0 Å². The van der Waals surface area contributed by atoms with Crippen LogP contribution in [0, 0.1) is 13.8 Å². The van der Waals surface area contributed by atoms with E-state index in [-0.39, 0.29) is 11.7 Å². The predicted molar refractivity (Wildman–Crippen MR) is 105 cm³/mol. The number of carbonyl (C=O) groups is 2. The van der Waals surface area contributed by atoms with Gasteiger partial charge >= 0.3 is 0 Å². The fourth-order valence-electron chi connectivity index (χ4n) is 4.07. The molecule has 0 bridgehead atoms. The molecule has 2 heterocycles. The summed E-state index contributed by atoms with van der Waals surface area (Å²) >= 11 is 6.10. The van der Waals surface area contributed by atoms with E-state index < -0.39 is 5.60 Å². The van der Waals surface area contributed by atoms with Crippen molar-refractivity contribution in [2.75, 3.05) is 13.1 Å². The van der Waals surface area contributed by atoms with Crippen LogP contribution in [0.1, 0.15) is 51.1 Å². The third kappa shape index (κ3) is 3.34. The highest BCUT2D eigenvalue weighted by Gasteiger charge is 2.44. The van der Waals surface area contributed by atoms with Gasteiger partial charge in [-0.1, -0.05) is 29.3 Å². The zero-order chi connectivity index (χ0) is 19.2. The van der Waals surface area contributed by atoms with Crippen molar-refractivity contribution in [1.82, 2.24) is 4.90 Å². The summed E-state index contributed by atoms with van der Waals surface area (Å²) in [5.41, 5.74) is 2.71. The second kappa shape index (κ2) is 6.68. The zero-order valence-electron chi connectivity index (χ0n) is 15.5. The van der Waals surface area contributed by atoms with E-state index in [4.69, 9.17) is 16.3 Å². The standard InChI is InChI=1S/C22H22ClNO3/c1-14-4-3-5-16(10-14)21(26)24-8-6-22(7-9-24)13-19(25)18-12-17(23)11-15(2)20(18)27-22/h3-5,10-12H,6-9,13H2,1-2H3. The molecule has 1 fully saturated rings. The van der Waals surface area contributed by atoms with Gasteiger partial charge in [0.2, 0.25) is 0 Å². The summed E-state index contributed by atoms with van der Waals surface area (Å²) in [6.07, 6.45) is 1.64. The Kier molecular flexibility index (Phi) is 4.47. The number of amides is 1. The Balaban J connectivity index is 1.52. The maximum absolute atomic E-state index is 12.8. The number of benzene rings is 2. The van der Waals surface area contributed by atoms with E-state index in [1.165, 1.54) is 0 Å². The van der Waals surface area contributed by atoms with E-state index in [0.717, 1.165) is 11.1 Å². The quantitative estimate of drug-likeness (QED) is 0.723. The predicted octanol–water partition coefficient (Wildman–Crippen LogP) is 4.60. The van der Waals surface area contributed by atoms with Crippen LogP contribution < -0.4 is 4.74 Å². The number of hydrogen-bond acceptors (Lipinski definition) is 3. The number of nitrogens with zero attached hydrogens (tertiary/aromatic N) is 1. The van der Waals surface area contributed by atoms with Gasteiger partial charge in [-0.3, -0.25) is 9.59 Å². The first-order chi connectivity index (χ1) is 12.9. The zero-order valence-corrected chi connectivity index (χ0v) is 16.3. The summed E-state index contributed by atoms with van der Waals surface area (Å²) < 4.78 is 6.35. The van der Waals surface area contributed by atoms with E-state index in [0.29, 0.717) is 54.3 Å². The van der Waals surface area contributed by atoms with Gasteiger partial charge in [-0.15, -0.1) is 0 Å². The minimum Gasteiger partial charge on any atom is -0.486 e. The number of rotatable bonds is 1. The van der Waals surface area contributed by atoms with Gasteiger partial charge in [0, 0.05) is 36.5 Å². The molecule has 1 spiro atoms. The lowest BCUT2D eigenvalue weighted by molar-refractivity contribution is -0.00617. The number of likely N-dealkylation sites (tertiary alicyclic amines) is 1. The summed E-state index contributed by atoms with van der Waals surface area (Å²) in [6, 6.07) is 11.2. The number of halogens is 1. The molecule has 140 valence electrons. The fraction of sp³-hybridized carbons (Fsp3) is 0.364. The number of carbonyl (C=O) groups excluding carboxylic acids is 2. The van der Waals surface area contributed by atoms with Crippen molar-refractivity contribution in [3.8, 4) is 5.75 Å². The fourth-order valence-corrected chi connectivity index (χ4v) is 4.34. The molecule has 4 rings (SSSR count). The van der Waals surface area contributed by atoms with Crippen molar-refractivity contribution < 1.29 is 14.3 Å². The minimum atomic E-state index is -0.522. The molecular formula is C22H22ClNO3. The molecule has 0 N–H and O–H groups in total. The highest BCUT2D eigenvalue weighted by atomic mass is 35.5. The molecule has 2 aromatic rings. The summed E-state index contributed by atoms with van der Waals surface area (Å²) in [5, 5.41) is 0.553. The van der Waals surface area contributed by atoms with Crippen molar-refractivity contribution in [3.63, 3.8) is 0 Å². The van der Waals surface area contributed by atoms with Gasteiger partial charge in [-0.2, -0.15) is 0 Å². The van der Waals surface area contributed by atoms with Gasteiger partial charge in [0.15, 0.2) is 5.78 Å². The largest absolute Gasteiger partial charge is 0.486 e. The molecule has 0 atom stereocenters. The van der Waals surface area contributed by atoms with Crippen LogP contribution in [-0.2, 0) is 0 Å². The van der Waals surface area contributed by atoms with Gasteiger partial charge in [-0.25, -0.2) is 0 Å². The molecule has 0 saturated carbocycles. The summed E-state index contributed by atoms with van der Waals surface area (Å²) in [4.78, 5) is 27.4. The van der Waals surface area contributed by atoms with Crippen LogP contribution in [0.2, 0.25) is 5.02 Å². The van der Waals surface area contributed by atoms with Crippen molar-refractivity contribution in [3.05, 3.63) is 63.7 Å². The van der Waals surface area contributed by atoms with Crippen molar-refractivity contribution in [2.24, 2.45) is 0 Å². The molecule has 0 aliphatic carbocycles. The number of ether oxygens (including phenoxy) is 1. The molecule has 5 heteroatoms.